The molecule has 1 aromatic carbocycles. The molecule has 0 bridgehead atoms. The summed E-state index contributed by atoms with van der Waals surface area (Å²) >= 11 is 0. The lowest BCUT2D eigenvalue weighted by molar-refractivity contribution is -0.148. The van der Waals surface area contributed by atoms with Gasteiger partial charge in [0.15, 0.2) is 0 Å². The quantitative estimate of drug-likeness (QED) is 0.695. The molecule has 1 fully saturated rings. The lowest BCUT2D eigenvalue weighted by Gasteiger charge is -2.33. The lowest BCUT2D eigenvalue weighted by atomic mass is 10.0. The van der Waals surface area contributed by atoms with Crippen LogP contribution in [0, 0.1) is 19.7 Å². The molecule has 2 heterocycles. The molecule has 2 aromatic rings. The summed E-state index contributed by atoms with van der Waals surface area (Å²) in [6, 6.07) is 4.18. The summed E-state index contributed by atoms with van der Waals surface area (Å²) in [7, 11) is 1.23. The maximum atomic E-state index is 14.4. The lowest BCUT2D eigenvalue weighted by Crippen LogP contribution is -2.53. The van der Waals surface area contributed by atoms with Gasteiger partial charge in [0.1, 0.15) is 18.9 Å². The Kier molecular flexibility index (Phi) is 6.47. The smallest absolute Gasteiger partial charge is 0.325 e. The number of piperazine rings is 1. The zero-order chi connectivity index (χ0) is 22.7. The summed E-state index contributed by atoms with van der Waals surface area (Å²) in [4.78, 5) is 50.8. The number of hydrogen-bond donors (Lipinski definition) is 1. The highest BCUT2D eigenvalue weighted by Gasteiger charge is 2.30. The Morgan fingerprint density at radius 2 is 1.94 bits per heavy atom. The third-order valence-electron chi connectivity index (χ3n) is 5.41. The molecule has 1 aliphatic rings. The fourth-order valence-corrected chi connectivity index (χ4v) is 3.32. The number of benzene rings is 1. The van der Waals surface area contributed by atoms with Gasteiger partial charge in [-0.05, 0) is 37.1 Å². The van der Waals surface area contributed by atoms with Crippen molar-refractivity contribution in [3.63, 3.8) is 0 Å². The molecule has 0 radical (unpaired) electrons. The summed E-state index contributed by atoms with van der Waals surface area (Å²) in [6.07, 6.45) is 0.301. The first-order chi connectivity index (χ1) is 14.7. The Labute approximate surface area is 177 Å². The van der Waals surface area contributed by atoms with E-state index in [4.69, 9.17) is 0 Å². The first-order valence-corrected chi connectivity index (χ1v) is 9.68. The topological polar surface area (TPSA) is 113 Å². The third-order valence-corrected chi connectivity index (χ3v) is 5.41. The number of aromatic nitrogens is 2. The number of carbonyl (C=O) groups excluding carboxylic acids is 3. The Morgan fingerprint density at radius 3 is 2.61 bits per heavy atom. The number of esters is 1. The highest BCUT2D eigenvalue weighted by atomic mass is 19.1. The second kappa shape index (κ2) is 9.07. The predicted octanol–water partition coefficient (Wildman–Crippen LogP) is 0.574. The molecule has 2 amide bonds. The van der Waals surface area contributed by atoms with Crippen LogP contribution < -0.4 is 5.56 Å². The molecule has 1 aliphatic heterocycles. The number of ether oxygens (including phenoxy) is 1. The molecule has 1 saturated heterocycles. The average molecular weight is 430 g/mol. The molecule has 0 spiro atoms. The van der Waals surface area contributed by atoms with Crippen LogP contribution >= 0.6 is 0 Å². The van der Waals surface area contributed by atoms with Crippen LogP contribution in [-0.4, -0.2) is 71.1 Å². The monoisotopic (exact) mass is 430 g/mol. The number of aromatic amines is 1. The van der Waals surface area contributed by atoms with Crippen molar-refractivity contribution in [1.29, 1.82) is 0 Å². The van der Waals surface area contributed by atoms with Gasteiger partial charge in [-0.2, -0.15) is 5.10 Å². The van der Waals surface area contributed by atoms with Gasteiger partial charge in [0.2, 0.25) is 5.91 Å². The van der Waals surface area contributed by atoms with Gasteiger partial charge in [-0.15, -0.1) is 0 Å². The van der Waals surface area contributed by atoms with E-state index in [2.05, 4.69) is 14.9 Å². The summed E-state index contributed by atoms with van der Waals surface area (Å²) in [5.41, 5.74) is 2.12. The highest BCUT2D eigenvalue weighted by molar-refractivity contribution is 5.97. The van der Waals surface area contributed by atoms with Crippen molar-refractivity contribution in [1.82, 2.24) is 20.0 Å². The van der Waals surface area contributed by atoms with Crippen LogP contribution in [0.4, 0.5) is 4.39 Å². The summed E-state index contributed by atoms with van der Waals surface area (Å²) in [5.74, 6) is -2.26. The van der Waals surface area contributed by atoms with Crippen LogP contribution in [0.2, 0.25) is 0 Å². The van der Waals surface area contributed by atoms with Crippen molar-refractivity contribution in [2.75, 3.05) is 33.3 Å². The minimum absolute atomic E-state index is 0.148. The number of carbonyl (C=O) groups is 3. The Bertz CT molecular complexity index is 1100. The van der Waals surface area contributed by atoms with Gasteiger partial charge in [-0.25, -0.2) is 9.49 Å². The van der Waals surface area contributed by atoms with Crippen LogP contribution in [0.1, 0.15) is 32.7 Å². The summed E-state index contributed by atoms with van der Waals surface area (Å²) < 4.78 is 19.0. The number of H-pyrrole nitrogens is 1. The van der Waals surface area contributed by atoms with Crippen molar-refractivity contribution in [3.05, 3.63) is 62.3 Å². The molecule has 164 valence electrons. The van der Waals surface area contributed by atoms with Crippen molar-refractivity contribution < 1.29 is 23.5 Å². The summed E-state index contributed by atoms with van der Waals surface area (Å²) in [5, 5.41) is 6.48. The predicted molar refractivity (Wildman–Crippen MR) is 108 cm³/mol. The zero-order valence-corrected chi connectivity index (χ0v) is 17.5. The number of methoxy groups -OCH3 is 1. The van der Waals surface area contributed by atoms with Crippen LogP contribution in [0.25, 0.3) is 0 Å². The van der Waals surface area contributed by atoms with Gasteiger partial charge in [0, 0.05) is 25.1 Å². The zero-order valence-electron chi connectivity index (χ0n) is 17.5. The van der Waals surface area contributed by atoms with Gasteiger partial charge in [0.25, 0.3) is 11.5 Å². The van der Waals surface area contributed by atoms with Gasteiger partial charge in [-0.1, -0.05) is 6.07 Å². The molecular formula is C21H23FN4O5. The molecule has 9 nitrogen and oxygen atoms in total. The molecule has 10 heteroatoms. The molecule has 0 atom stereocenters. The number of hydrogen-bond acceptors (Lipinski definition) is 6. The molecule has 0 saturated carbocycles. The van der Waals surface area contributed by atoms with E-state index < -0.39 is 23.6 Å². The van der Waals surface area contributed by atoms with E-state index in [1.165, 1.54) is 29.0 Å². The normalized spacial score (nSPS) is 14.0. The van der Waals surface area contributed by atoms with E-state index in [0.29, 0.717) is 23.2 Å². The number of amides is 2. The van der Waals surface area contributed by atoms with Crippen molar-refractivity contribution >= 4 is 17.8 Å². The van der Waals surface area contributed by atoms with Crippen molar-refractivity contribution in [2.24, 2.45) is 0 Å². The number of halogens is 1. The van der Waals surface area contributed by atoms with Gasteiger partial charge >= 0.3 is 5.97 Å². The molecule has 3 rings (SSSR count). The first kappa shape index (κ1) is 22.1. The molecule has 0 aliphatic carbocycles. The van der Waals surface area contributed by atoms with Gasteiger partial charge in [-0.3, -0.25) is 19.2 Å². The van der Waals surface area contributed by atoms with Crippen LogP contribution in [-0.2, 0) is 20.7 Å². The molecule has 0 unspecified atom stereocenters. The van der Waals surface area contributed by atoms with Crippen molar-refractivity contribution in [2.45, 2.75) is 20.3 Å². The Morgan fingerprint density at radius 1 is 1.19 bits per heavy atom. The van der Waals surface area contributed by atoms with Crippen LogP contribution in [0.5, 0.6) is 0 Å². The second-order valence-corrected chi connectivity index (χ2v) is 7.36. The van der Waals surface area contributed by atoms with Crippen LogP contribution in [0.3, 0.4) is 0 Å². The standard InChI is InChI=1S/C21H23FN4O5/c1-12-13(2)20(29)24-23-17(12)9-14-4-5-16(22)15(8-14)21(30)26-7-6-25(18(27)10-26)11-19(28)31-3/h4-5,8H,6-7,9-11H2,1-3H3,(H,24,29). The molecular weight excluding hydrogens is 407 g/mol. The average Bonchev–Trinajstić information content (AvgIpc) is 2.76. The van der Waals surface area contributed by atoms with E-state index in [9.17, 15) is 23.6 Å². The SMILES string of the molecule is COC(=O)CN1CCN(C(=O)c2cc(Cc3n[nH]c(=O)c(C)c3C)ccc2F)CC1=O. The molecule has 1 aromatic heterocycles. The van der Waals surface area contributed by atoms with Crippen molar-refractivity contribution in [3.8, 4) is 0 Å². The van der Waals surface area contributed by atoms with E-state index in [1.54, 1.807) is 19.9 Å². The van der Waals surface area contributed by atoms with Gasteiger partial charge in [0.05, 0.1) is 18.4 Å². The number of rotatable bonds is 5. The molecule has 31 heavy (non-hydrogen) atoms. The van der Waals surface area contributed by atoms with E-state index in [-0.39, 0.29) is 37.3 Å². The molecule has 1 N–H and O–H groups in total. The van der Waals surface area contributed by atoms with Gasteiger partial charge < -0.3 is 14.5 Å². The number of nitrogens with one attached hydrogen (secondary N) is 1. The van der Waals surface area contributed by atoms with Crippen LogP contribution in [0.15, 0.2) is 23.0 Å². The fourth-order valence-electron chi connectivity index (χ4n) is 3.32. The third kappa shape index (κ3) is 4.79. The Hall–Kier alpha value is -3.56. The van der Waals surface area contributed by atoms with E-state index >= 15 is 0 Å². The minimum Gasteiger partial charge on any atom is -0.468 e. The Balaban J connectivity index is 1.77. The maximum absolute atomic E-state index is 14.4. The number of nitrogens with zero attached hydrogens (tertiary/aromatic N) is 3. The summed E-state index contributed by atoms with van der Waals surface area (Å²) in [6.45, 7) is 3.36. The van der Waals surface area contributed by atoms with E-state index in [0.717, 1.165) is 5.56 Å². The second-order valence-electron chi connectivity index (χ2n) is 7.36. The fraction of sp³-hybridized carbons (Fsp3) is 0.381. The van der Waals surface area contributed by atoms with E-state index in [1.807, 2.05) is 0 Å². The largest absolute Gasteiger partial charge is 0.468 e. The maximum Gasteiger partial charge on any atom is 0.325 e. The minimum atomic E-state index is -0.694. The highest BCUT2D eigenvalue weighted by Crippen LogP contribution is 2.18. The first-order valence-electron chi connectivity index (χ1n) is 9.68.